The van der Waals surface area contributed by atoms with E-state index in [1.165, 1.54) is 0 Å². The van der Waals surface area contributed by atoms with Gasteiger partial charge in [-0.05, 0) is 30.5 Å². The molecule has 1 fully saturated rings. The number of hydrogen-bond donors (Lipinski definition) is 2. The summed E-state index contributed by atoms with van der Waals surface area (Å²) in [4.78, 5) is 28.3. The van der Waals surface area contributed by atoms with Gasteiger partial charge in [-0.25, -0.2) is 4.79 Å². The van der Waals surface area contributed by atoms with Crippen molar-refractivity contribution in [1.82, 2.24) is 20.4 Å². The molecule has 1 saturated heterocycles. The summed E-state index contributed by atoms with van der Waals surface area (Å²) in [5.74, 6) is 1.26. The Hall–Kier alpha value is -3.36. The molecule has 0 spiro atoms. The van der Waals surface area contributed by atoms with Crippen LogP contribution in [0.4, 0.5) is 16.3 Å². The zero-order valence-corrected chi connectivity index (χ0v) is 17.4. The third-order valence-corrected chi connectivity index (χ3v) is 4.90. The van der Waals surface area contributed by atoms with Crippen molar-refractivity contribution in [2.75, 3.05) is 43.4 Å². The smallest absolute Gasteiger partial charge is 0.398 e. The molecule has 0 bridgehead atoms. The molecular weight excluding hydrogens is 384 g/mol. The number of carbonyl (C=O) groups is 2. The fourth-order valence-electron chi connectivity index (χ4n) is 3.13. The van der Waals surface area contributed by atoms with E-state index in [0.29, 0.717) is 55.7 Å². The Morgan fingerprint density at radius 1 is 1.10 bits per heavy atom. The lowest BCUT2D eigenvalue weighted by molar-refractivity contribution is 0.0747. The van der Waals surface area contributed by atoms with E-state index >= 15 is 0 Å². The lowest BCUT2D eigenvalue weighted by atomic mass is 10.1. The number of anilines is 2. The first-order valence-electron chi connectivity index (χ1n) is 10.1. The molecule has 1 aromatic carbocycles. The summed E-state index contributed by atoms with van der Waals surface area (Å²) in [6, 6.07) is 10.5. The standard InChI is InChI=1S/C21H28N6O3/c1-15(2)9-10-23-21(29)30-19-8-7-18(24-25-19)26-11-13-27(14-12-26)20(28)16-5-3-4-6-17(16)22/h3-8,15H,9-14,22H2,1-2H3,(H,23,29). The largest absolute Gasteiger partial charge is 0.413 e. The van der Waals surface area contributed by atoms with Crippen LogP contribution in [0.1, 0.15) is 30.6 Å². The lowest BCUT2D eigenvalue weighted by Gasteiger charge is -2.35. The second kappa shape index (κ2) is 9.91. The van der Waals surface area contributed by atoms with Crippen LogP contribution in [-0.4, -0.2) is 59.8 Å². The highest BCUT2D eigenvalue weighted by Crippen LogP contribution is 2.18. The number of piperazine rings is 1. The van der Waals surface area contributed by atoms with Crippen LogP contribution in [0.15, 0.2) is 36.4 Å². The van der Waals surface area contributed by atoms with E-state index in [-0.39, 0.29) is 11.8 Å². The van der Waals surface area contributed by atoms with Crippen LogP contribution in [0.3, 0.4) is 0 Å². The third-order valence-electron chi connectivity index (χ3n) is 4.90. The average molecular weight is 412 g/mol. The van der Waals surface area contributed by atoms with Crippen molar-refractivity contribution in [3.63, 3.8) is 0 Å². The molecule has 0 radical (unpaired) electrons. The van der Waals surface area contributed by atoms with E-state index < -0.39 is 6.09 Å². The van der Waals surface area contributed by atoms with Crippen molar-refractivity contribution in [2.45, 2.75) is 20.3 Å². The Balaban J connectivity index is 1.49. The highest BCUT2D eigenvalue weighted by molar-refractivity contribution is 5.99. The molecule has 160 valence electrons. The zero-order chi connectivity index (χ0) is 21.5. The molecule has 0 atom stereocenters. The maximum absolute atomic E-state index is 12.7. The summed E-state index contributed by atoms with van der Waals surface area (Å²) in [7, 11) is 0. The molecule has 2 heterocycles. The molecule has 0 unspecified atom stereocenters. The fraction of sp³-hybridized carbons (Fsp3) is 0.429. The summed E-state index contributed by atoms with van der Waals surface area (Å²) in [6.45, 7) is 7.11. The summed E-state index contributed by atoms with van der Waals surface area (Å²) in [5, 5.41) is 10.8. The van der Waals surface area contributed by atoms with Gasteiger partial charge in [-0.1, -0.05) is 26.0 Å². The van der Waals surface area contributed by atoms with Crippen LogP contribution in [0.5, 0.6) is 5.88 Å². The number of nitrogens with two attached hydrogens (primary N) is 1. The molecule has 9 heteroatoms. The van der Waals surface area contributed by atoms with Gasteiger partial charge >= 0.3 is 6.09 Å². The van der Waals surface area contributed by atoms with Gasteiger partial charge in [0, 0.05) is 44.5 Å². The highest BCUT2D eigenvalue weighted by atomic mass is 16.6. The molecule has 2 amide bonds. The van der Waals surface area contributed by atoms with Crippen molar-refractivity contribution in [1.29, 1.82) is 0 Å². The highest BCUT2D eigenvalue weighted by Gasteiger charge is 2.24. The Kier molecular flexibility index (Phi) is 7.05. The van der Waals surface area contributed by atoms with Gasteiger partial charge in [-0.2, -0.15) is 0 Å². The molecular formula is C21H28N6O3. The van der Waals surface area contributed by atoms with E-state index in [2.05, 4.69) is 29.4 Å². The third kappa shape index (κ3) is 5.59. The predicted molar refractivity (Wildman–Crippen MR) is 114 cm³/mol. The Morgan fingerprint density at radius 2 is 1.83 bits per heavy atom. The predicted octanol–water partition coefficient (Wildman–Crippen LogP) is 2.16. The maximum atomic E-state index is 12.7. The van der Waals surface area contributed by atoms with Gasteiger partial charge in [0.2, 0.25) is 5.88 Å². The first-order valence-corrected chi connectivity index (χ1v) is 10.1. The van der Waals surface area contributed by atoms with Crippen molar-refractivity contribution in [2.24, 2.45) is 5.92 Å². The van der Waals surface area contributed by atoms with Crippen LogP contribution in [0.2, 0.25) is 0 Å². The van der Waals surface area contributed by atoms with Crippen LogP contribution in [0.25, 0.3) is 0 Å². The van der Waals surface area contributed by atoms with Gasteiger partial charge in [0.05, 0.1) is 5.56 Å². The number of amides is 2. The Labute approximate surface area is 176 Å². The minimum Gasteiger partial charge on any atom is -0.398 e. The molecule has 9 nitrogen and oxygen atoms in total. The minimum atomic E-state index is -0.537. The number of benzene rings is 1. The van der Waals surface area contributed by atoms with Crippen LogP contribution in [0, 0.1) is 5.92 Å². The molecule has 1 aliphatic heterocycles. The number of rotatable bonds is 6. The molecule has 0 saturated carbocycles. The molecule has 1 aromatic heterocycles. The SMILES string of the molecule is CC(C)CCNC(=O)Oc1ccc(N2CCN(C(=O)c3ccccc3N)CC2)nn1. The number of carbonyl (C=O) groups excluding carboxylic acids is 2. The van der Waals surface area contributed by atoms with E-state index in [0.717, 1.165) is 6.42 Å². The topological polar surface area (TPSA) is 114 Å². The number of nitrogen functional groups attached to an aromatic ring is 1. The van der Waals surface area contributed by atoms with Gasteiger partial charge in [0.1, 0.15) is 0 Å². The maximum Gasteiger partial charge on any atom is 0.413 e. The number of nitrogens with zero attached hydrogens (tertiary/aromatic N) is 4. The number of aromatic nitrogens is 2. The summed E-state index contributed by atoms with van der Waals surface area (Å²) in [6.07, 6.45) is 0.343. The van der Waals surface area contributed by atoms with Gasteiger partial charge in [0.25, 0.3) is 5.91 Å². The summed E-state index contributed by atoms with van der Waals surface area (Å²) >= 11 is 0. The average Bonchev–Trinajstić information content (AvgIpc) is 2.74. The number of para-hydroxylation sites is 1. The zero-order valence-electron chi connectivity index (χ0n) is 17.4. The molecule has 30 heavy (non-hydrogen) atoms. The van der Waals surface area contributed by atoms with Gasteiger partial charge in [0.15, 0.2) is 5.82 Å². The summed E-state index contributed by atoms with van der Waals surface area (Å²) < 4.78 is 5.14. The summed E-state index contributed by atoms with van der Waals surface area (Å²) in [5.41, 5.74) is 6.93. The number of hydrogen-bond acceptors (Lipinski definition) is 7. The van der Waals surface area contributed by atoms with E-state index in [1.807, 2.05) is 17.0 Å². The monoisotopic (exact) mass is 412 g/mol. The Morgan fingerprint density at radius 3 is 2.47 bits per heavy atom. The van der Waals surface area contributed by atoms with Crippen LogP contribution in [-0.2, 0) is 0 Å². The van der Waals surface area contributed by atoms with Crippen molar-refractivity contribution in [3.8, 4) is 5.88 Å². The van der Waals surface area contributed by atoms with Crippen molar-refractivity contribution in [3.05, 3.63) is 42.0 Å². The fourth-order valence-corrected chi connectivity index (χ4v) is 3.13. The van der Waals surface area contributed by atoms with Gasteiger partial charge in [-0.3, -0.25) is 4.79 Å². The van der Waals surface area contributed by atoms with Crippen molar-refractivity contribution < 1.29 is 14.3 Å². The van der Waals surface area contributed by atoms with Crippen molar-refractivity contribution >= 4 is 23.5 Å². The number of nitrogens with one attached hydrogen (secondary N) is 1. The van der Waals surface area contributed by atoms with Gasteiger partial charge < -0.3 is 25.6 Å². The molecule has 0 aliphatic carbocycles. The molecule has 3 rings (SSSR count). The second-order valence-corrected chi connectivity index (χ2v) is 7.60. The van der Waals surface area contributed by atoms with E-state index in [4.69, 9.17) is 10.5 Å². The lowest BCUT2D eigenvalue weighted by Crippen LogP contribution is -2.49. The van der Waals surface area contributed by atoms with E-state index in [1.54, 1.807) is 29.2 Å². The van der Waals surface area contributed by atoms with Crippen LogP contribution < -0.4 is 20.7 Å². The minimum absolute atomic E-state index is 0.0638. The van der Waals surface area contributed by atoms with Gasteiger partial charge in [-0.15, -0.1) is 10.2 Å². The molecule has 1 aliphatic rings. The van der Waals surface area contributed by atoms with Crippen LogP contribution >= 0.6 is 0 Å². The second-order valence-electron chi connectivity index (χ2n) is 7.60. The van der Waals surface area contributed by atoms with E-state index in [9.17, 15) is 9.59 Å². The Bertz CT molecular complexity index is 863. The number of ether oxygens (including phenoxy) is 1. The first kappa shape index (κ1) is 21.4. The molecule has 3 N–H and O–H groups in total. The normalized spacial score (nSPS) is 14.0. The molecule has 2 aromatic rings. The quantitative estimate of drug-likeness (QED) is 0.699. The first-order chi connectivity index (χ1) is 14.4.